The van der Waals surface area contributed by atoms with Gasteiger partial charge in [0.05, 0.1) is 11.6 Å². The minimum atomic E-state index is 0.00205. The summed E-state index contributed by atoms with van der Waals surface area (Å²) in [5, 5.41) is 3.87. The maximum Gasteiger partial charge on any atom is 0.138 e. The average Bonchev–Trinajstić information content (AvgIpc) is 2.39. The summed E-state index contributed by atoms with van der Waals surface area (Å²) in [6.45, 7) is 4.63. The largest absolute Gasteiger partial charge is 0.487 e. The predicted molar refractivity (Wildman–Crippen MR) is 79.0 cm³/mol. The van der Waals surface area contributed by atoms with Gasteiger partial charge in [-0.2, -0.15) is 0 Å². The molecule has 3 nitrogen and oxygen atoms in total. The number of hydrogen-bond acceptors (Lipinski definition) is 3. The lowest BCUT2D eigenvalue weighted by Gasteiger charge is -2.16. The third kappa shape index (κ3) is 4.14. The first-order valence-electron chi connectivity index (χ1n) is 6.24. The molecule has 1 N–H and O–H groups in total. The summed E-state index contributed by atoms with van der Waals surface area (Å²) in [5.74, 6) is 1.56. The first-order chi connectivity index (χ1) is 9.15. The molecule has 0 saturated heterocycles. The second-order valence-corrected chi connectivity index (χ2v) is 4.81. The van der Waals surface area contributed by atoms with Crippen molar-refractivity contribution in [2.24, 2.45) is 0 Å². The van der Waals surface area contributed by atoms with Gasteiger partial charge >= 0.3 is 0 Å². The molecule has 0 saturated carbocycles. The summed E-state index contributed by atoms with van der Waals surface area (Å²) < 4.78 is 5.77. The van der Waals surface area contributed by atoms with Gasteiger partial charge in [-0.3, -0.25) is 0 Å². The molecular formula is C15H17ClN2O. The van der Waals surface area contributed by atoms with Crippen LogP contribution in [0.2, 0.25) is 5.02 Å². The lowest BCUT2D eigenvalue weighted by Crippen LogP contribution is -2.23. The van der Waals surface area contributed by atoms with E-state index in [1.807, 2.05) is 56.3 Å². The summed E-state index contributed by atoms with van der Waals surface area (Å²) in [6, 6.07) is 13.4. The minimum absolute atomic E-state index is 0.00205. The number of hydrogen-bond donors (Lipinski definition) is 1. The Balaban J connectivity index is 1.88. The van der Waals surface area contributed by atoms with Gasteiger partial charge in [-0.1, -0.05) is 29.8 Å². The van der Waals surface area contributed by atoms with Gasteiger partial charge < -0.3 is 10.1 Å². The summed E-state index contributed by atoms with van der Waals surface area (Å²) in [5.41, 5.74) is 0.990. The van der Waals surface area contributed by atoms with Crippen molar-refractivity contribution in [1.82, 2.24) is 4.98 Å². The Hall–Kier alpha value is -1.74. The van der Waals surface area contributed by atoms with Crippen molar-refractivity contribution in [3.63, 3.8) is 0 Å². The topological polar surface area (TPSA) is 34.1 Å². The van der Waals surface area contributed by atoms with Gasteiger partial charge in [0.25, 0.3) is 0 Å². The summed E-state index contributed by atoms with van der Waals surface area (Å²) in [6.07, 6.45) is 0.00205. The average molecular weight is 277 g/mol. The SMILES string of the molecule is Cc1cccc(NCC(C)Oc2ccccc2Cl)n1. The zero-order chi connectivity index (χ0) is 13.7. The molecule has 0 spiro atoms. The number of aromatic nitrogens is 1. The number of halogens is 1. The zero-order valence-corrected chi connectivity index (χ0v) is 11.8. The highest BCUT2D eigenvalue weighted by Crippen LogP contribution is 2.24. The van der Waals surface area contributed by atoms with Crippen LogP contribution in [0.5, 0.6) is 5.75 Å². The maximum atomic E-state index is 6.05. The number of nitrogens with one attached hydrogen (secondary N) is 1. The standard InChI is InChI=1S/C15H17ClN2O/c1-11-6-5-9-15(18-11)17-10-12(2)19-14-8-4-3-7-13(14)16/h3-9,12H,10H2,1-2H3,(H,17,18). The van der Waals surface area contributed by atoms with E-state index in [1.54, 1.807) is 0 Å². The maximum absolute atomic E-state index is 6.05. The molecule has 0 aliphatic rings. The molecule has 4 heteroatoms. The van der Waals surface area contributed by atoms with E-state index in [2.05, 4.69) is 10.3 Å². The van der Waals surface area contributed by atoms with E-state index in [1.165, 1.54) is 0 Å². The number of anilines is 1. The molecule has 0 radical (unpaired) electrons. The van der Waals surface area contributed by atoms with E-state index in [0.717, 1.165) is 11.5 Å². The van der Waals surface area contributed by atoms with Crippen LogP contribution < -0.4 is 10.1 Å². The number of ether oxygens (including phenoxy) is 1. The molecule has 1 unspecified atom stereocenters. The second-order valence-electron chi connectivity index (χ2n) is 4.40. The van der Waals surface area contributed by atoms with Gasteiger partial charge in [0.1, 0.15) is 17.7 Å². The molecule has 100 valence electrons. The molecule has 0 fully saturated rings. The van der Waals surface area contributed by atoms with Gasteiger partial charge in [-0.25, -0.2) is 4.98 Å². The van der Waals surface area contributed by atoms with Gasteiger partial charge in [0, 0.05) is 5.69 Å². The fourth-order valence-corrected chi connectivity index (χ4v) is 1.87. The highest BCUT2D eigenvalue weighted by atomic mass is 35.5. The van der Waals surface area contributed by atoms with Crippen LogP contribution in [-0.4, -0.2) is 17.6 Å². The fourth-order valence-electron chi connectivity index (χ4n) is 1.69. The van der Waals surface area contributed by atoms with Crippen LogP contribution in [0.25, 0.3) is 0 Å². The van der Waals surface area contributed by atoms with Crippen molar-refractivity contribution in [2.75, 3.05) is 11.9 Å². The first-order valence-corrected chi connectivity index (χ1v) is 6.61. The number of rotatable bonds is 5. The molecule has 0 aliphatic heterocycles. The molecule has 19 heavy (non-hydrogen) atoms. The van der Waals surface area contributed by atoms with E-state index >= 15 is 0 Å². The fraction of sp³-hybridized carbons (Fsp3) is 0.267. The van der Waals surface area contributed by atoms with Gasteiger partial charge in [0.15, 0.2) is 0 Å². The Labute approximate surface area is 118 Å². The Morgan fingerprint density at radius 2 is 2.00 bits per heavy atom. The quantitative estimate of drug-likeness (QED) is 0.899. The smallest absolute Gasteiger partial charge is 0.138 e. The lowest BCUT2D eigenvalue weighted by molar-refractivity contribution is 0.235. The second kappa shape index (κ2) is 6.43. The third-order valence-corrected chi connectivity index (χ3v) is 2.94. The first kappa shape index (κ1) is 13.7. The molecule has 2 rings (SSSR count). The highest BCUT2D eigenvalue weighted by Gasteiger charge is 2.07. The van der Waals surface area contributed by atoms with E-state index < -0.39 is 0 Å². The van der Waals surface area contributed by atoms with Crippen molar-refractivity contribution in [2.45, 2.75) is 20.0 Å². The molecule has 1 heterocycles. The molecular weight excluding hydrogens is 260 g/mol. The van der Waals surface area contributed by atoms with Crippen LogP contribution in [0.15, 0.2) is 42.5 Å². The Bertz CT molecular complexity index is 545. The molecule has 0 bridgehead atoms. The van der Waals surface area contributed by atoms with E-state index in [9.17, 15) is 0 Å². The van der Waals surface area contributed by atoms with Crippen molar-refractivity contribution >= 4 is 17.4 Å². The normalized spacial score (nSPS) is 11.9. The van der Waals surface area contributed by atoms with Crippen LogP contribution in [0, 0.1) is 6.92 Å². The summed E-state index contributed by atoms with van der Waals surface area (Å²) in [4.78, 5) is 4.38. The van der Waals surface area contributed by atoms with E-state index in [0.29, 0.717) is 17.3 Å². The van der Waals surface area contributed by atoms with Gasteiger partial charge in [0.2, 0.25) is 0 Å². The van der Waals surface area contributed by atoms with Crippen LogP contribution >= 0.6 is 11.6 Å². The molecule has 0 amide bonds. The third-order valence-electron chi connectivity index (χ3n) is 2.62. The molecule has 2 aromatic rings. The number of aryl methyl sites for hydroxylation is 1. The van der Waals surface area contributed by atoms with E-state index in [-0.39, 0.29) is 6.10 Å². The van der Waals surface area contributed by atoms with Gasteiger partial charge in [-0.05, 0) is 38.1 Å². The van der Waals surface area contributed by atoms with Crippen LogP contribution in [0.4, 0.5) is 5.82 Å². The molecule has 1 aromatic carbocycles. The zero-order valence-electron chi connectivity index (χ0n) is 11.1. The number of pyridine rings is 1. The number of para-hydroxylation sites is 1. The van der Waals surface area contributed by atoms with Crippen LogP contribution in [-0.2, 0) is 0 Å². The van der Waals surface area contributed by atoms with E-state index in [4.69, 9.17) is 16.3 Å². The Kier molecular flexibility index (Phi) is 4.63. The molecule has 1 aromatic heterocycles. The summed E-state index contributed by atoms with van der Waals surface area (Å²) in [7, 11) is 0. The van der Waals surface area contributed by atoms with Crippen molar-refractivity contribution in [3.8, 4) is 5.75 Å². The van der Waals surface area contributed by atoms with Crippen LogP contribution in [0.1, 0.15) is 12.6 Å². The lowest BCUT2D eigenvalue weighted by atomic mass is 10.3. The van der Waals surface area contributed by atoms with Gasteiger partial charge in [-0.15, -0.1) is 0 Å². The van der Waals surface area contributed by atoms with Crippen molar-refractivity contribution < 1.29 is 4.74 Å². The van der Waals surface area contributed by atoms with Crippen molar-refractivity contribution in [3.05, 3.63) is 53.2 Å². The van der Waals surface area contributed by atoms with Crippen molar-refractivity contribution in [1.29, 1.82) is 0 Å². The monoisotopic (exact) mass is 276 g/mol. The molecule has 1 atom stereocenters. The van der Waals surface area contributed by atoms with Crippen LogP contribution in [0.3, 0.4) is 0 Å². The number of benzene rings is 1. The Morgan fingerprint density at radius 3 is 2.74 bits per heavy atom. The minimum Gasteiger partial charge on any atom is -0.487 e. The predicted octanol–water partition coefficient (Wildman–Crippen LogP) is 3.92. The summed E-state index contributed by atoms with van der Waals surface area (Å²) >= 11 is 6.05. The highest BCUT2D eigenvalue weighted by molar-refractivity contribution is 6.32. The number of nitrogens with zero attached hydrogens (tertiary/aromatic N) is 1. The Morgan fingerprint density at radius 1 is 1.21 bits per heavy atom. The molecule has 0 aliphatic carbocycles.